The van der Waals surface area contributed by atoms with Crippen LogP contribution in [-0.4, -0.2) is 28.5 Å². The maximum Gasteiger partial charge on any atom is 0.329 e. The van der Waals surface area contributed by atoms with Gasteiger partial charge in [-0.15, -0.1) is 0 Å². The molecule has 27 heavy (non-hydrogen) atoms. The second-order valence-corrected chi connectivity index (χ2v) is 6.12. The number of carbonyl (C=O) groups is 2. The van der Waals surface area contributed by atoms with Crippen LogP contribution in [0, 0.1) is 0 Å². The van der Waals surface area contributed by atoms with Crippen LogP contribution >= 0.6 is 0 Å². The third-order valence-corrected chi connectivity index (χ3v) is 4.23. The number of rotatable bonds is 5. The van der Waals surface area contributed by atoms with E-state index < -0.39 is 6.03 Å². The van der Waals surface area contributed by atoms with Crippen molar-refractivity contribution in [3.63, 3.8) is 0 Å². The molecule has 0 radical (unpaired) electrons. The molecular weight excluding hydrogens is 342 g/mol. The van der Waals surface area contributed by atoms with Gasteiger partial charge < -0.3 is 10.6 Å². The largest absolute Gasteiger partial charge is 0.381 e. The van der Waals surface area contributed by atoms with Gasteiger partial charge in [-0.2, -0.15) is 0 Å². The van der Waals surface area contributed by atoms with Gasteiger partial charge in [-0.1, -0.05) is 12.1 Å². The van der Waals surface area contributed by atoms with E-state index >= 15 is 0 Å². The highest BCUT2D eigenvalue weighted by atomic mass is 16.2. The number of nitrogens with one attached hydrogen (secondary N) is 2. The van der Waals surface area contributed by atoms with Crippen molar-refractivity contribution in [2.24, 2.45) is 0 Å². The fourth-order valence-electron chi connectivity index (χ4n) is 2.92. The van der Waals surface area contributed by atoms with Crippen molar-refractivity contribution in [2.75, 3.05) is 16.8 Å². The predicted molar refractivity (Wildman–Crippen MR) is 102 cm³/mol. The van der Waals surface area contributed by atoms with Crippen molar-refractivity contribution in [3.05, 3.63) is 72.8 Å². The van der Waals surface area contributed by atoms with Crippen molar-refractivity contribution in [1.82, 2.24) is 15.3 Å². The van der Waals surface area contributed by atoms with Gasteiger partial charge in [-0.3, -0.25) is 14.8 Å². The lowest BCUT2D eigenvalue weighted by Gasteiger charge is -2.14. The molecule has 0 saturated carbocycles. The molecular formula is C20H17N5O2. The normalized spacial score (nSPS) is 13.6. The highest BCUT2D eigenvalue weighted by Gasteiger charge is 2.29. The second kappa shape index (κ2) is 7.25. The summed E-state index contributed by atoms with van der Waals surface area (Å²) in [5, 5.41) is 5.83. The summed E-state index contributed by atoms with van der Waals surface area (Å²) in [5.41, 5.74) is 4.37. The number of anilines is 2. The lowest BCUT2D eigenvalue weighted by Crippen LogP contribution is -2.30. The molecule has 3 heterocycles. The molecule has 2 N–H and O–H groups in total. The number of imide groups is 1. The quantitative estimate of drug-likeness (QED) is 0.684. The number of carbonyl (C=O) groups excluding carboxylic acids is 2. The number of urea groups is 1. The Kier molecular flexibility index (Phi) is 4.49. The molecule has 0 aliphatic carbocycles. The van der Waals surface area contributed by atoms with Crippen molar-refractivity contribution >= 4 is 23.3 Å². The highest BCUT2D eigenvalue weighted by molar-refractivity contribution is 6.19. The number of nitrogens with zero attached hydrogens (tertiary/aromatic N) is 3. The molecule has 2 aromatic heterocycles. The van der Waals surface area contributed by atoms with Crippen LogP contribution in [0.2, 0.25) is 0 Å². The van der Waals surface area contributed by atoms with E-state index in [1.54, 1.807) is 43.0 Å². The van der Waals surface area contributed by atoms with Gasteiger partial charge in [0.1, 0.15) is 0 Å². The predicted octanol–water partition coefficient (Wildman–Crippen LogP) is 2.81. The number of benzene rings is 1. The Morgan fingerprint density at radius 1 is 1.00 bits per heavy atom. The average Bonchev–Trinajstić information content (AvgIpc) is 3.06. The number of aromatic nitrogens is 2. The SMILES string of the molecule is O=C1CNC(=O)N1c1cccc(NCc2cncc(-c3cccnc3)c2)c1. The van der Waals surface area contributed by atoms with E-state index in [9.17, 15) is 9.59 Å². The molecule has 7 nitrogen and oxygen atoms in total. The number of pyridine rings is 2. The van der Waals surface area contributed by atoms with Crippen molar-refractivity contribution < 1.29 is 9.59 Å². The van der Waals surface area contributed by atoms with Crippen molar-refractivity contribution in [3.8, 4) is 11.1 Å². The van der Waals surface area contributed by atoms with Crippen LogP contribution in [0.5, 0.6) is 0 Å². The maximum atomic E-state index is 11.9. The zero-order valence-corrected chi connectivity index (χ0v) is 14.4. The van der Waals surface area contributed by atoms with E-state index in [1.165, 1.54) is 0 Å². The number of hydrogen-bond acceptors (Lipinski definition) is 5. The zero-order valence-electron chi connectivity index (χ0n) is 14.4. The molecule has 1 aliphatic heterocycles. The summed E-state index contributed by atoms with van der Waals surface area (Å²) in [6, 6.07) is 12.7. The molecule has 3 amide bonds. The Hall–Kier alpha value is -3.74. The van der Waals surface area contributed by atoms with Gasteiger partial charge in [-0.25, -0.2) is 9.69 Å². The summed E-state index contributed by atoms with van der Waals surface area (Å²) in [5.74, 6) is -0.259. The third kappa shape index (κ3) is 3.62. The molecule has 3 aromatic rings. The summed E-state index contributed by atoms with van der Waals surface area (Å²) in [6.45, 7) is 0.591. The van der Waals surface area contributed by atoms with Crippen LogP contribution in [0.15, 0.2) is 67.3 Å². The van der Waals surface area contributed by atoms with Gasteiger partial charge in [0, 0.05) is 48.1 Å². The topological polar surface area (TPSA) is 87.2 Å². The van der Waals surface area contributed by atoms with Gasteiger partial charge in [0.15, 0.2) is 0 Å². The van der Waals surface area contributed by atoms with E-state index in [-0.39, 0.29) is 12.5 Å². The molecule has 0 bridgehead atoms. The zero-order chi connectivity index (χ0) is 18.6. The summed E-state index contributed by atoms with van der Waals surface area (Å²) in [4.78, 5) is 33.2. The lowest BCUT2D eigenvalue weighted by atomic mass is 10.1. The van der Waals surface area contributed by atoms with Crippen LogP contribution < -0.4 is 15.5 Å². The fraction of sp³-hybridized carbons (Fsp3) is 0.100. The number of hydrogen-bond donors (Lipinski definition) is 2. The lowest BCUT2D eigenvalue weighted by molar-refractivity contribution is -0.115. The van der Waals surface area contributed by atoms with Crippen LogP contribution in [0.3, 0.4) is 0 Å². The van der Waals surface area contributed by atoms with Gasteiger partial charge in [0.25, 0.3) is 5.91 Å². The minimum Gasteiger partial charge on any atom is -0.381 e. The minimum atomic E-state index is -0.398. The van der Waals surface area contributed by atoms with Gasteiger partial charge in [-0.05, 0) is 35.9 Å². The molecule has 0 spiro atoms. The van der Waals surface area contributed by atoms with E-state index in [2.05, 4.69) is 26.7 Å². The summed E-state index contributed by atoms with van der Waals surface area (Å²) < 4.78 is 0. The van der Waals surface area contributed by atoms with E-state index in [1.807, 2.05) is 18.2 Å². The fourth-order valence-corrected chi connectivity index (χ4v) is 2.92. The molecule has 0 unspecified atom stereocenters. The standard InChI is InChI=1S/C20H17N5O2/c26-19-13-24-20(27)25(19)18-5-1-4-17(8-18)23-10-14-7-16(12-22-9-14)15-3-2-6-21-11-15/h1-9,11-12,23H,10,13H2,(H,24,27). The van der Waals surface area contributed by atoms with Gasteiger partial charge >= 0.3 is 6.03 Å². The van der Waals surface area contributed by atoms with Crippen LogP contribution in [0.4, 0.5) is 16.2 Å². The first kappa shape index (κ1) is 16.7. The van der Waals surface area contributed by atoms with Crippen molar-refractivity contribution in [1.29, 1.82) is 0 Å². The first-order chi connectivity index (χ1) is 13.2. The minimum absolute atomic E-state index is 0.0310. The Balaban J connectivity index is 1.49. The first-order valence-electron chi connectivity index (χ1n) is 8.50. The maximum absolute atomic E-state index is 11.9. The summed E-state index contributed by atoms with van der Waals surface area (Å²) >= 11 is 0. The monoisotopic (exact) mass is 359 g/mol. The Morgan fingerprint density at radius 3 is 2.67 bits per heavy atom. The smallest absolute Gasteiger partial charge is 0.329 e. The second-order valence-electron chi connectivity index (χ2n) is 6.12. The first-order valence-corrected chi connectivity index (χ1v) is 8.50. The third-order valence-electron chi connectivity index (χ3n) is 4.23. The van der Waals surface area contributed by atoms with Gasteiger partial charge in [0.2, 0.25) is 0 Å². The molecule has 1 aliphatic rings. The highest BCUT2D eigenvalue weighted by Crippen LogP contribution is 2.23. The van der Waals surface area contributed by atoms with Crippen LogP contribution in [-0.2, 0) is 11.3 Å². The van der Waals surface area contributed by atoms with Crippen LogP contribution in [0.1, 0.15) is 5.56 Å². The Bertz CT molecular complexity index is 974. The average molecular weight is 359 g/mol. The van der Waals surface area contributed by atoms with Gasteiger partial charge in [0.05, 0.1) is 12.2 Å². The number of amides is 3. The van der Waals surface area contributed by atoms with E-state index in [4.69, 9.17) is 0 Å². The summed E-state index contributed by atoms with van der Waals surface area (Å²) in [7, 11) is 0. The Labute approximate surface area is 156 Å². The van der Waals surface area contributed by atoms with Crippen LogP contribution in [0.25, 0.3) is 11.1 Å². The molecule has 1 saturated heterocycles. The summed E-state index contributed by atoms with van der Waals surface area (Å²) in [6.07, 6.45) is 7.14. The molecule has 1 aromatic carbocycles. The molecule has 0 atom stereocenters. The molecule has 7 heteroatoms. The molecule has 134 valence electrons. The Morgan fingerprint density at radius 2 is 1.89 bits per heavy atom. The molecule has 1 fully saturated rings. The van der Waals surface area contributed by atoms with E-state index in [0.29, 0.717) is 12.2 Å². The molecule has 4 rings (SSSR count). The van der Waals surface area contributed by atoms with Crippen molar-refractivity contribution in [2.45, 2.75) is 6.54 Å². The van der Waals surface area contributed by atoms with E-state index in [0.717, 1.165) is 27.3 Å².